The van der Waals surface area contributed by atoms with Crippen molar-refractivity contribution in [3.8, 4) is 11.5 Å². The second kappa shape index (κ2) is 6.24. The average Bonchev–Trinajstić information content (AvgIpc) is 2.91. The van der Waals surface area contributed by atoms with Crippen LogP contribution in [0, 0.1) is 0 Å². The highest BCUT2D eigenvalue weighted by atomic mass is 16.5. The van der Waals surface area contributed by atoms with Gasteiger partial charge in [0.15, 0.2) is 11.5 Å². The molecule has 19 heavy (non-hydrogen) atoms. The van der Waals surface area contributed by atoms with Gasteiger partial charge < -0.3 is 19.6 Å². The van der Waals surface area contributed by atoms with Gasteiger partial charge in [0.05, 0.1) is 20.3 Å². The van der Waals surface area contributed by atoms with Crippen LogP contribution in [0.4, 0.5) is 0 Å². The van der Waals surface area contributed by atoms with Crippen LogP contribution < -0.4 is 9.47 Å². The summed E-state index contributed by atoms with van der Waals surface area (Å²) in [6, 6.07) is 5.64. The first-order valence-corrected chi connectivity index (χ1v) is 6.10. The molecule has 2 N–H and O–H groups in total. The van der Waals surface area contributed by atoms with Gasteiger partial charge in [0, 0.05) is 18.8 Å². The van der Waals surface area contributed by atoms with Crippen LogP contribution >= 0.6 is 0 Å². The third-order valence-corrected chi connectivity index (χ3v) is 2.90. The fourth-order valence-corrected chi connectivity index (χ4v) is 1.98. The van der Waals surface area contributed by atoms with Crippen molar-refractivity contribution in [2.75, 3.05) is 14.2 Å². The monoisotopic (exact) mass is 262 g/mol. The SMILES string of the molecule is COc1ccc(CC(O)Cc2ncc[nH]2)cc1OC. The van der Waals surface area contributed by atoms with Gasteiger partial charge >= 0.3 is 0 Å². The quantitative estimate of drug-likeness (QED) is 0.829. The zero-order valence-corrected chi connectivity index (χ0v) is 11.1. The minimum absolute atomic E-state index is 0.482. The van der Waals surface area contributed by atoms with Crippen molar-refractivity contribution in [1.29, 1.82) is 0 Å². The summed E-state index contributed by atoms with van der Waals surface area (Å²) >= 11 is 0. The molecule has 1 aromatic heterocycles. The molecule has 0 spiro atoms. The Kier molecular flexibility index (Phi) is 4.41. The normalized spacial score (nSPS) is 12.2. The fraction of sp³-hybridized carbons (Fsp3) is 0.357. The van der Waals surface area contributed by atoms with E-state index in [1.54, 1.807) is 26.6 Å². The molecule has 5 heteroatoms. The summed E-state index contributed by atoms with van der Waals surface area (Å²) in [5.41, 5.74) is 0.997. The molecule has 0 aliphatic rings. The van der Waals surface area contributed by atoms with Crippen molar-refractivity contribution < 1.29 is 14.6 Å². The lowest BCUT2D eigenvalue weighted by atomic mass is 10.0. The van der Waals surface area contributed by atoms with E-state index < -0.39 is 6.10 Å². The number of H-pyrrole nitrogens is 1. The number of aliphatic hydroxyl groups excluding tert-OH is 1. The Morgan fingerprint density at radius 3 is 2.63 bits per heavy atom. The molecule has 0 aliphatic carbocycles. The van der Waals surface area contributed by atoms with Crippen molar-refractivity contribution in [3.63, 3.8) is 0 Å². The summed E-state index contributed by atoms with van der Waals surface area (Å²) in [6.07, 6.45) is 3.99. The molecule has 1 atom stereocenters. The van der Waals surface area contributed by atoms with E-state index in [2.05, 4.69) is 9.97 Å². The molecule has 1 unspecified atom stereocenters. The highest BCUT2D eigenvalue weighted by Crippen LogP contribution is 2.28. The summed E-state index contributed by atoms with van der Waals surface area (Å²) in [5, 5.41) is 10.0. The zero-order chi connectivity index (χ0) is 13.7. The summed E-state index contributed by atoms with van der Waals surface area (Å²) in [5.74, 6) is 2.14. The topological polar surface area (TPSA) is 67.4 Å². The number of nitrogens with zero attached hydrogens (tertiary/aromatic N) is 1. The van der Waals surface area contributed by atoms with E-state index in [1.165, 1.54) is 0 Å². The Labute approximate surface area is 112 Å². The number of nitrogens with one attached hydrogen (secondary N) is 1. The molecule has 0 saturated heterocycles. The second-order valence-corrected chi connectivity index (χ2v) is 4.29. The molecule has 0 fully saturated rings. The van der Waals surface area contributed by atoms with E-state index in [4.69, 9.17) is 9.47 Å². The van der Waals surface area contributed by atoms with E-state index in [-0.39, 0.29) is 0 Å². The van der Waals surface area contributed by atoms with Gasteiger partial charge in [-0.3, -0.25) is 0 Å². The van der Waals surface area contributed by atoms with Crippen LogP contribution in [0.5, 0.6) is 11.5 Å². The number of hydrogen-bond acceptors (Lipinski definition) is 4. The van der Waals surface area contributed by atoms with Crippen LogP contribution in [0.2, 0.25) is 0 Å². The highest BCUT2D eigenvalue weighted by molar-refractivity contribution is 5.43. The Hall–Kier alpha value is -2.01. The minimum Gasteiger partial charge on any atom is -0.493 e. The van der Waals surface area contributed by atoms with Gasteiger partial charge in [0.25, 0.3) is 0 Å². The lowest BCUT2D eigenvalue weighted by Crippen LogP contribution is -2.14. The van der Waals surface area contributed by atoms with E-state index >= 15 is 0 Å². The van der Waals surface area contributed by atoms with E-state index in [1.807, 2.05) is 18.2 Å². The standard InChI is InChI=1S/C14H18N2O3/c1-18-12-4-3-10(8-13(12)19-2)7-11(17)9-14-15-5-6-16-14/h3-6,8,11,17H,7,9H2,1-2H3,(H,15,16). The number of aliphatic hydroxyl groups is 1. The van der Waals surface area contributed by atoms with Crippen LogP contribution in [0.15, 0.2) is 30.6 Å². The molecule has 5 nitrogen and oxygen atoms in total. The van der Waals surface area contributed by atoms with Crippen LogP contribution in [0.25, 0.3) is 0 Å². The Balaban J connectivity index is 2.02. The third-order valence-electron chi connectivity index (χ3n) is 2.90. The maximum absolute atomic E-state index is 10.0. The first-order valence-electron chi connectivity index (χ1n) is 6.10. The molecule has 0 bridgehead atoms. The van der Waals surface area contributed by atoms with Gasteiger partial charge in [0.2, 0.25) is 0 Å². The Bertz CT molecular complexity index is 511. The Morgan fingerprint density at radius 1 is 1.21 bits per heavy atom. The summed E-state index contributed by atoms with van der Waals surface area (Å²) in [6.45, 7) is 0. The highest BCUT2D eigenvalue weighted by Gasteiger charge is 2.11. The molecular formula is C14H18N2O3. The largest absolute Gasteiger partial charge is 0.493 e. The van der Waals surface area contributed by atoms with E-state index in [9.17, 15) is 5.11 Å². The van der Waals surface area contributed by atoms with Crippen molar-refractivity contribution in [2.45, 2.75) is 18.9 Å². The fourth-order valence-electron chi connectivity index (χ4n) is 1.98. The van der Waals surface area contributed by atoms with E-state index in [0.29, 0.717) is 24.3 Å². The molecule has 1 aromatic carbocycles. The summed E-state index contributed by atoms with van der Waals surface area (Å²) < 4.78 is 10.4. The molecule has 2 rings (SSSR count). The van der Waals surface area contributed by atoms with Crippen LogP contribution in [-0.4, -0.2) is 35.4 Å². The maximum Gasteiger partial charge on any atom is 0.160 e. The third kappa shape index (κ3) is 3.48. The van der Waals surface area contributed by atoms with Gasteiger partial charge in [-0.2, -0.15) is 0 Å². The Morgan fingerprint density at radius 2 is 2.00 bits per heavy atom. The number of benzene rings is 1. The van der Waals surface area contributed by atoms with E-state index in [0.717, 1.165) is 11.4 Å². The van der Waals surface area contributed by atoms with Crippen molar-refractivity contribution >= 4 is 0 Å². The number of imidazole rings is 1. The van der Waals surface area contributed by atoms with Crippen molar-refractivity contribution in [3.05, 3.63) is 42.0 Å². The molecule has 0 saturated carbocycles. The van der Waals surface area contributed by atoms with Gasteiger partial charge in [-0.1, -0.05) is 6.07 Å². The number of methoxy groups -OCH3 is 2. The van der Waals surface area contributed by atoms with Gasteiger partial charge in [0.1, 0.15) is 5.82 Å². The van der Waals surface area contributed by atoms with Gasteiger partial charge in [-0.15, -0.1) is 0 Å². The van der Waals surface area contributed by atoms with Crippen molar-refractivity contribution in [1.82, 2.24) is 9.97 Å². The maximum atomic E-state index is 10.0. The molecule has 0 aliphatic heterocycles. The lowest BCUT2D eigenvalue weighted by Gasteiger charge is -2.12. The van der Waals surface area contributed by atoms with Gasteiger partial charge in [-0.25, -0.2) is 4.98 Å². The summed E-state index contributed by atoms with van der Waals surface area (Å²) in [7, 11) is 3.20. The smallest absolute Gasteiger partial charge is 0.160 e. The number of aromatic nitrogens is 2. The first-order chi connectivity index (χ1) is 9.22. The van der Waals surface area contributed by atoms with Crippen LogP contribution in [-0.2, 0) is 12.8 Å². The van der Waals surface area contributed by atoms with Crippen LogP contribution in [0.1, 0.15) is 11.4 Å². The zero-order valence-electron chi connectivity index (χ0n) is 11.1. The number of hydrogen-bond donors (Lipinski definition) is 2. The summed E-state index contributed by atoms with van der Waals surface area (Å²) in [4.78, 5) is 7.08. The molecular weight excluding hydrogens is 244 g/mol. The number of ether oxygens (including phenoxy) is 2. The lowest BCUT2D eigenvalue weighted by molar-refractivity contribution is 0.173. The number of aromatic amines is 1. The molecule has 102 valence electrons. The molecule has 1 heterocycles. The van der Waals surface area contributed by atoms with Crippen LogP contribution in [0.3, 0.4) is 0 Å². The second-order valence-electron chi connectivity index (χ2n) is 4.29. The molecule has 2 aromatic rings. The average molecular weight is 262 g/mol. The predicted molar refractivity (Wildman–Crippen MR) is 71.5 cm³/mol. The van der Waals surface area contributed by atoms with Crippen molar-refractivity contribution in [2.24, 2.45) is 0 Å². The molecule has 0 amide bonds. The molecule has 0 radical (unpaired) electrons. The predicted octanol–water partition coefficient (Wildman–Crippen LogP) is 1.57. The first kappa shape index (κ1) is 13.4. The minimum atomic E-state index is -0.482. The number of rotatable bonds is 6. The van der Waals surface area contributed by atoms with Gasteiger partial charge in [-0.05, 0) is 24.1 Å².